The van der Waals surface area contributed by atoms with Crippen LogP contribution in [0.4, 0.5) is 11.6 Å². The van der Waals surface area contributed by atoms with Crippen LogP contribution in [0.15, 0.2) is 36.7 Å². The number of likely N-dealkylation sites (tertiary alicyclic amines) is 1. The van der Waals surface area contributed by atoms with Gasteiger partial charge in [-0.15, -0.1) is 0 Å². The molecule has 5 rings (SSSR count). The molecular weight excluding hydrogens is 432 g/mol. The average Bonchev–Trinajstić information content (AvgIpc) is 3.32. The second-order valence-electron chi connectivity index (χ2n) is 8.96. The van der Waals surface area contributed by atoms with Crippen molar-refractivity contribution in [3.8, 4) is 17.0 Å². The predicted octanol–water partition coefficient (Wildman–Crippen LogP) is 2.72. The fourth-order valence-electron chi connectivity index (χ4n) is 4.42. The third-order valence-corrected chi connectivity index (χ3v) is 6.06. The molecule has 0 aromatic carbocycles. The minimum atomic E-state index is -0.332. The summed E-state index contributed by atoms with van der Waals surface area (Å²) in [4.78, 5) is 11.0. The van der Waals surface area contributed by atoms with Gasteiger partial charge in [0.15, 0.2) is 11.6 Å². The minimum Gasteiger partial charge on any atom is -0.488 e. The maximum Gasteiger partial charge on any atom is 0.165 e. The molecule has 1 saturated heterocycles. The molecule has 1 aliphatic heterocycles. The van der Waals surface area contributed by atoms with E-state index >= 15 is 0 Å². The fraction of sp³-hybridized carbons (Fsp3) is 0.417. The normalized spacial score (nSPS) is 17.0. The highest BCUT2D eigenvalue weighted by Crippen LogP contribution is 2.31. The number of nitrogens with zero attached hydrogens (tertiary/aromatic N) is 7. The van der Waals surface area contributed by atoms with E-state index in [9.17, 15) is 5.11 Å². The lowest BCUT2D eigenvalue weighted by Crippen LogP contribution is -2.53. The quantitative estimate of drug-likeness (QED) is 0.412. The van der Waals surface area contributed by atoms with Crippen molar-refractivity contribution in [2.75, 3.05) is 25.0 Å². The molecule has 10 nitrogen and oxygen atoms in total. The molecule has 10 heteroatoms. The van der Waals surface area contributed by atoms with Gasteiger partial charge in [0.05, 0.1) is 17.8 Å². The van der Waals surface area contributed by atoms with Crippen molar-refractivity contribution in [2.45, 2.75) is 39.3 Å². The van der Waals surface area contributed by atoms with Gasteiger partial charge < -0.3 is 15.2 Å². The standard InChI is InChI=1S/C24H30N8O2/c1-15-9-22(27-17(3)26-15)28-23-11-20-10-18(5-8-32(20)29-23)24-21(12-25-30(24)4)34-14-19-6-7-31(19)13-16(2)33/h5,8-12,16,19,33H,6-7,13-14H2,1-4H3,(H,26,27,28,29)/t16-,19+/m0/s1. The first-order valence-electron chi connectivity index (χ1n) is 11.5. The maximum absolute atomic E-state index is 9.67. The Balaban J connectivity index is 1.35. The molecular formula is C24H30N8O2. The summed E-state index contributed by atoms with van der Waals surface area (Å²) < 4.78 is 9.85. The van der Waals surface area contributed by atoms with E-state index in [1.165, 1.54) is 0 Å². The van der Waals surface area contributed by atoms with Gasteiger partial charge in [0.25, 0.3) is 0 Å². The summed E-state index contributed by atoms with van der Waals surface area (Å²) in [5.41, 5.74) is 3.76. The first kappa shape index (κ1) is 22.3. The number of β-amino-alcohol motifs (C(OH)–C–C–N with tert-alkyl or cyclic N) is 1. The molecule has 2 N–H and O–H groups in total. The van der Waals surface area contributed by atoms with Crippen molar-refractivity contribution >= 4 is 17.2 Å². The molecule has 4 aromatic rings. The van der Waals surface area contributed by atoms with Crippen LogP contribution in [0.2, 0.25) is 0 Å². The van der Waals surface area contributed by atoms with Gasteiger partial charge in [0, 0.05) is 55.8 Å². The van der Waals surface area contributed by atoms with Crippen LogP contribution in [-0.4, -0.2) is 71.2 Å². The Morgan fingerprint density at radius 1 is 1.21 bits per heavy atom. The first-order valence-corrected chi connectivity index (χ1v) is 11.5. The number of aromatic nitrogens is 6. The van der Waals surface area contributed by atoms with Crippen LogP contribution in [0, 0.1) is 13.8 Å². The van der Waals surface area contributed by atoms with Crippen molar-refractivity contribution in [1.82, 2.24) is 34.3 Å². The van der Waals surface area contributed by atoms with Crippen LogP contribution in [0.3, 0.4) is 0 Å². The van der Waals surface area contributed by atoms with Crippen LogP contribution in [0.25, 0.3) is 16.8 Å². The number of hydrogen-bond acceptors (Lipinski definition) is 8. The molecule has 34 heavy (non-hydrogen) atoms. The predicted molar refractivity (Wildman–Crippen MR) is 129 cm³/mol. The number of fused-ring (bicyclic) bond motifs is 1. The first-order chi connectivity index (χ1) is 16.4. The second kappa shape index (κ2) is 9.03. The highest BCUT2D eigenvalue weighted by atomic mass is 16.5. The molecule has 1 aliphatic rings. The van der Waals surface area contributed by atoms with E-state index in [1.54, 1.807) is 6.20 Å². The zero-order valence-corrected chi connectivity index (χ0v) is 19.9. The molecule has 1 fully saturated rings. The number of rotatable bonds is 8. The molecule has 0 spiro atoms. The van der Waals surface area contributed by atoms with Crippen LogP contribution in [0.5, 0.6) is 5.75 Å². The van der Waals surface area contributed by atoms with Crippen molar-refractivity contribution in [1.29, 1.82) is 0 Å². The van der Waals surface area contributed by atoms with Crippen molar-refractivity contribution in [3.05, 3.63) is 48.2 Å². The third kappa shape index (κ3) is 4.59. The summed E-state index contributed by atoms with van der Waals surface area (Å²) in [6.45, 7) is 7.89. The van der Waals surface area contributed by atoms with Crippen molar-refractivity contribution in [3.63, 3.8) is 0 Å². The summed E-state index contributed by atoms with van der Waals surface area (Å²) in [7, 11) is 1.92. The van der Waals surface area contributed by atoms with E-state index in [-0.39, 0.29) is 6.10 Å². The number of hydrogen-bond donors (Lipinski definition) is 2. The topological polar surface area (TPSA) is 106 Å². The molecule has 0 unspecified atom stereocenters. The number of aryl methyl sites for hydroxylation is 3. The number of aliphatic hydroxyl groups excluding tert-OH is 1. The highest BCUT2D eigenvalue weighted by molar-refractivity contribution is 5.72. The molecule has 4 aromatic heterocycles. The largest absolute Gasteiger partial charge is 0.488 e. The molecule has 5 heterocycles. The Morgan fingerprint density at radius 3 is 2.79 bits per heavy atom. The van der Waals surface area contributed by atoms with Gasteiger partial charge in [0.2, 0.25) is 0 Å². The molecule has 0 saturated carbocycles. The fourth-order valence-corrected chi connectivity index (χ4v) is 4.42. The van der Waals surface area contributed by atoms with Crippen LogP contribution < -0.4 is 10.1 Å². The zero-order valence-electron chi connectivity index (χ0n) is 19.9. The molecule has 178 valence electrons. The smallest absolute Gasteiger partial charge is 0.165 e. The maximum atomic E-state index is 9.67. The van der Waals surface area contributed by atoms with Crippen molar-refractivity contribution < 1.29 is 9.84 Å². The Bertz CT molecular complexity index is 1290. The summed E-state index contributed by atoms with van der Waals surface area (Å²) in [6, 6.07) is 8.28. The van der Waals surface area contributed by atoms with Gasteiger partial charge in [-0.25, -0.2) is 14.5 Å². The Hall–Kier alpha value is -3.50. The van der Waals surface area contributed by atoms with Gasteiger partial charge in [-0.3, -0.25) is 9.58 Å². The van der Waals surface area contributed by atoms with Crippen LogP contribution >= 0.6 is 0 Å². The molecule has 0 radical (unpaired) electrons. The van der Waals surface area contributed by atoms with Crippen LogP contribution in [0.1, 0.15) is 24.9 Å². The van der Waals surface area contributed by atoms with E-state index in [2.05, 4.69) is 36.4 Å². The van der Waals surface area contributed by atoms with E-state index in [0.29, 0.717) is 30.8 Å². The number of ether oxygens (including phenoxy) is 1. The Labute approximate surface area is 198 Å². The molecule has 0 aliphatic carbocycles. The van der Waals surface area contributed by atoms with Gasteiger partial charge in [-0.2, -0.15) is 10.2 Å². The van der Waals surface area contributed by atoms with Gasteiger partial charge in [-0.1, -0.05) is 0 Å². The number of pyridine rings is 1. The van der Waals surface area contributed by atoms with Gasteiger partial charge >= 0.3 is 0 Å². The summed E-state index contributed by atoms with van der Waals surface area (Å²) in [6.07, 6.45) is 4.44. The highest BCUT2D eigenvalue weighted by Gasteiger charge is 2.29. The summed E-state index contributed by atoms with van der Waals surface area (Å²) >= 11 is 0. The zero-order chi connectivity index (χ0) is 23.8. The van der Waals surface area contributed by atoms with E-state index in [1.807, 2.05) is 61.4 Å². The summed E-state index contributed by atoms with van der Waals surface area (Å²) in [5.74, 6) is 2.89. The molecule has 2 atom stereocenters. The number of anilines is 2. The Morgan fingerprint density at radius 2 is 2.06 bits per heavy atom. The Kier molecular flexibility index (Phi) is 5.93. The minimum absolute atomic E-state index is 0.322. The molecule has 0 amide bonds. The lowest BCUT2D eigenvalue weighted by atomic mass is 10.0. The van der Waals surface area contributed by atoms with Gasteiger partial charge in [-0.05, 0) is 39.3 Å². The van der Waals surface area contributed by atoms with Crippen LogP contribution in [-0.2, 0) is 7.05 Å². The van der Waals surface area contributed by atoms with Gasteiger partial charge in [0.1, 0.15) is 23.9 Å². The van der Waals surface area contributed by atoms with Crippen molar-refractivity contribution in [2.24, 2.45) is 7.05 Å². The monoisotopic (exact) mass is 462 g/mol. The van der Waals surface area contributed by atoms with E-state index in [0.717, 1.165) is 47.0 Å². The second-order valence-corrected chi connectivity index (χ2v) is 8.96. The molecule has 0 bridgehead atoms. The SMILES string of the molecule is Cc1cc(Nc2cc3cc(-c4c(OC[C@H]5CCN5C[C@H](C)O)cnn4C)ccn3n2)nc(C)n1. The number of nitrogens with one attached hydrogen (secondary N) is 1. The lowest BCUT2D eigenvalue weighted by molar-refractivity contribution is 0.0147. The van der Waals surface area contributed by atoms with E-state index < -0.39 is 0 Å². The lowest BCUT2D eigenvalue weighted by Gasteiger charge is -2.41. The number of aliphatic hydroxyl groups is 1. The summed E-state index contributed by atoms with van der Waals surface area (Å²) in [5, 5.41) is 22.0. The van der Waals surface area contributed by atoms with E-state index in [4.69, 9.17) is 4.74 Å². The average molecular weight is 463 g/mol. The third-order valence-electron chi connectivity index (χ3n) is 6.06.